The van der Waals surface area contributed by atoms with Crippen molar-refractivity contribution in [3.63, 3.8) is 0 Å². The largest absolute Gasteiger partial charge is 0.497 e. The average Bonchev–Trinajstić information content (AvgIpc) is 3.26. The summed E-state index contributed by atoms with van der Waals surface area (Å²) in [5.74, 6) is 1.69. The van der Waals surface area contributed by atoms with Crippen LogP contribution in [0.1, 0.15) is 50.8 Å². The molecule has 1 atom stereocenters. The molecule has 1 spiro atoms. The molecule has 27 heavy (non-hydrogen) atoms. The number of nitrogens with one attached hydrogen (secondary N) is 1. The first kappa shape index (κ1) is 18.0. The van der Waals surface area contributed by atoms with E-state index in [9.17, 15) is 4.79 Å². The molecule has 1 aliphatic carbocycles. The van der Waals surface area contributed by atoms with Crippen molar-refractivity contribution in [3.8, 4) is 5.75 Å². The minimum atomic E-state index is -0.201. The molecule has 2 aliphatic rings. The summed E-state index contributed by atoms with van der Waals surface area (Å²) in [5.41, 5.74) is 2.91. The number of hydrogen-bond donors (Lipinski definition) is 1. The quantitative estimate of drug-likeness (QED) is 0.879. The Morgan fingerprint density at radius 3 is 2.70 bits per heavy atom. The van der Waals surface area contributed by atoms with Gasteiger partial charge >= 0.3 is 0 Å². The molecule has 2 aromatic rings. The number of benzene rings is 1. The highest BCUT2D eigenvalue weighted by molar-refractivity contribution is 5.93. The van der Waals surface area contributed by atoms with Crippen LogP contribution in [-0.2, 0) is 16.8 Å². The van der Waals surface area contributed by atoms with E-state index in [1.807, 2.05) is 23.7 Å². The molecule has 0 radical (unpaired) electrons. The molecule has 6 heteroatoms. The van der Waals surface area contributed by atoms with Crippen LogP contribution in [0.25, 0.3) is 0 Å². The van der Waals surface area contributed by atoms with Gasteiger partial charge in [-0.3, -0.25) is 9.69 Å². The van der Waals surface area contributed by atoms with Gasteiger partial charge in [-0.05, 0) is 56.9 Å². The number of nitrogens with zero attached hydrogens (tertiary/aromatic N) is 3. The van der Waals surface area contributed by atoms with Gasteiger partial charge in [0.25, 0.3) is 0 Å². The van der Waals surface area contributed by atoms with Crippen LogP contribution >= 0.6 is 0 Å². The number of carbonyl (C=O) groups is 1. The number of amides is 1. The third-order valence-electron chi connectivity index (χ3n) is 5.96. The highest BCUT2D eigenvalue weighted by Gasteiger charge is 2.50. The van der Waals surface area contributed by atoms with E-state index in [0.717, 1.165) is 24.7 Å². The number of hydrogen-bond acceptors (Lipinski definition) is 4. The van der Waals surface area contributed by atoms with E-state index in [1.165, 1.54) is 24.0 Å². The smallest absolute Gasteiger partial charge is 0.242 e. The number of fused-ring (bicyclic) bond motifs is 2. The molecular formula is C21H28N4O2. The van der Waals surface area contributed by atoms with E-state index in [4.69, 9.17) is 4.74 Å². The molecule has 1 saturated carbocycles. The topological polar surface area (TPSA) is 59.4 Å². The summed E-state index contributed by atoms with van der Waals surface area (Å²) in [7, 11) is 1.71. The highest BCUT2D eigenvalue weighted by atomic mass is 16.5. The number of methoxy groups -OCH3 is 1. The van der Waals surface area contributed by atoms with Gasteiger partial charge in [-0.25, -0.2) is 4.68 Å². The number of anilines is 1. The van der Waals surface area contributed by atoms with Crippen molar-refractivity contribution < 1.29 is 9.53 Å². The molecule has 6 nitrogen and oxygen atoms in total. The first-order valence-corrected chi connectivity index (χ1v) is 9.69. The Bertz CT molecular complexity index is 854. The van der Waals surface area contributed by atoms with Gasteiger partial charge in [0.2, 0.25) is 5.91 Å². The minimum Gasteiger partial charge on any atom is -0.497 e. The fourth-order valence-electron chi connectivity index (χ4n) is 4.14. The Kier molecular flexibility index (Phi) is 4.46. The van der Waals surface area contributed by atoms with Crippen molar-refractivity contribution in [2.24, 2.45) is 0 Å². The first-order valence-electron chi connectivity index (χ1n) is 9.69. The van der Waals surface area contributed by atoms with Gasteiger partial charge in [-0.1, -0.05) is 6.07 Å². The van der Waals surface area contributed by atoms with Gasteiger partial charge in [-0.15, -0.1) is 0 Å². The zero-order valence-electron chi connectivity index (χ0n) is 16.5. The summed E-state index contributed by atoms with van der Waals surface area (Å²) in [4.78, 5) is 15.2. The molecule has 2 heterocycles. The van der Waals surface area contributed by atoms with Crippen LogP contribution in [0.3, 0.4) is 0 Å². The monoisotopic (exact) mass is 368 g/mol. The summed E-state index contributed by atoms with van der Waals surface area (Å²) < 4.78 is 7.26. The van der Waals surface area contributed by atoms with Crippen LogP contribution in [-0.4, -0.2) is 40.3 Å². The van der Waals surface area contributed by atoms with Crippen molar-refractivity contribution in [2.45, 2.75) is 57.7 Å². The van der Waals surface area contributed by atoms with Gasteiger partial charge in [0.1, 0.15) is 11.6 Å². The van der Waals surface area contributed by atoms with Crippen molar-refractivity contribution >= 4 is 11.7 Å². The van der Waals surface area contributed by atoms with Crippen LogP contribution in [0.2, 0.25) is 0 Å². The minimum absolute atomic E-state index is 0.0187. The van der Waals surface area contributed by atoms with Gasteiger partial charge in [0.15, 0.2) is 0 Å². The maximum Gasteiger partial charge on any atom is 0.242 e. The lowest BCUT2D eigenvalue weighted by Gasteiger charge is -2.38. The molecule has 1 aromatic heterocycles. The normalized spacial score (nSPS) is 19.0. The maximum atomic E-state index is 12.9. The summed E-state index contributed by atoms with van der Waals surface area (Å²) in [6.07, 6.45) is 4.08. The van der Waals surface area contributed by atoms with Gasteiger partial charge < -0.3 is 10.1 Å². The average molecular weight is 368 g/mol. The second-order valence-corrected chi connectivity index (χ2v) is 8.13. The maximum absolute atomic E-state index is 12.9. The van der Waals surface area contributed by atoms with E-state index < -0.39 is 0 Å². The number of rotatable bonds is 5. The molecule has 1 aromatic carbocycles. The van der Waals surface area contributed by atoms with Gasteiger partial charge in [-0.2, -0.15) is 5.10 Å². The lowest BCUT2D eigenvalue weighted by atomic mass is 9.86. The van der Waals surface area contributed by atoms with Crippen LogP contribution < -0.4 is 10.1 Å². The lowest BCUT2D eigenvalue weighted by Crippen LogP contribution is -2.48. The predicted octanol–water partition coefficient (Wildman–Crippen LogP) is 3.35. The molecule has 1 unspecified atom stereocenters. The number of ether oxygens (including phenoxy) is 1. The second kappa shape index (κ2) is 6.68. The van der Waals surface area contributed by atoms with Gasteiger partial charge in [0, 0.05) is 30.6 Å². The molecule has 4 rings (SSSR count). The molecule has 1 aliphatic heterocycles. The lowest BCUT2D eigenvalue weighted by molar-refractivity contribution is -0.121. The second-order valence-electron chi connectivity index (χ2n) is 8.13. The third kappa shape index (κ3) is 3.23. The first-order chi connectivity index (χ1) is 12.9. The molecular weight excluding hydrogens is 340 g/mol. The third-order valence-corrected chi connectivity index (χ3v) is 5.96. The Labute approximate surface area is 160 Å². The Morgan fingerprint density at radius 1 is 1.26 bits per heavy atom. The van der Waals surface area contributed by atoms with Crippen LogP contribution in [0, 0.1) is 0 Å². The van der Waals surface area contributed by atoms with Crippen molar-refractivity contribution in [1.29, 1.82) is 0 Å². The van der Waals surface area contributed by atoms with E-state index in [2.05, 4.69) is 41.3 Å². The van der Waals surface area contributed by atoms with Crippen LogP contribution in [0.4, 0.5) is 5.82 Å². The summed E-state index contributed by atoms with van der Waals surface area (Å²) in [6.45, 7) is 7.82. The molecule has 0 bridgehead atoms. The zero-order chi connectivity index (χ0) is 19.2. The van der Waals surface area contributed by atoms with E-state index in [1.54, 1.807) is 13.3 Å². The summed E-state index contributed by atoms with van der Waals surface area (Å²) in [6, 6.07) is 8.21. The van der Waals surface area contributed by atoms with E-state index in [0.29, 0.717) is 0 Å². The number of aromatic nitrogens is 2. The summed E-state index contributed by atoms with van der Waals surface area (Å²) >= 11 is 0. The van der Waals surface area contributed by atoms with Crippen molar-refractivity contribution in [2.75, 3.05) is 19.0 Å². The molecule has 0 saturated heterocycles. The Balaban J connectivity index is 1.52. The summed E-state index contributed by atoms with van der Waals surface area (Å²) in [5, 5.41) is 7.36. The van der Waals surface area contributed by atoms with Crippen molar-refractivity contribution in [3.05, 3.63) is 41.6 Å². The van der Waals surface area contributed by atoms with Gasteiger partial charge in [0.05, 0.1) is 19.3 Å². The van der Waals surface area contributed by atoms with Crippen LogP contribution in [0.15, 0.2) is 30.5 Å². The van der Waals surface area contributed by atoms with Crippen molar-refractivity contribution in [1.82, 2.24) is 14.7 Å². The molecule has 144 valence electrons. The highest BCUT2D eigenvalue weighted by Crippen LogP contribution is 2.53. The standard InChI is InChI=1S/C21H28N4O2/c1-14(2)25-19(7-10-22-25)23-20(26)15(3)24-12-16-5-6-17(27-4)11-18(16)21(13-24)8-9-21/h5-7,10-11,14-15H,8-9,12-13H2,1-4H3,(H,23,26). The fourth-order valence-corrected chi connectivity index (χ4v) is 4.14. The van der Waals surface area contributed by atoms with E-state index in [-0.39, 0.29) is 23.4 Å². The zero-order valence-corrected chi connectivity index (χ0v) is 16.5. The van der Waals surface area contributed by atoms with Crippen LogP contribution in [0.5, 0.6) is 5.75 Å². The Morgan fingerprint density at radius 2 is 2.04 bits per heavy atom. The predicted molar refractivity (Wildman–Crippen MR) is 105 cm³/mol. The molecule has 1 N–H and O–H groups in total. The molecule has 1 amide bonds. The molecule has 1 fully saturated rings. The Hall–Kier alpha value is -2.34. The SMILES string of the molecule is COc1ccc2c(c1)C1(CC1)CN(C(C)C(=O)Nc1ccnn1C(C)C)C2. The van der Waals surface area contributed by atoms with E-state index >= 15 is 0 Å². The number of carbonyl (C=O) groups excluding carboxylic acids is 1. The fraction of sp³-hybridized carbons (Fsp3) is 0.524.